The van der Waals surface area contributed by atoms with Crippen LogP contribution in [0.25, 0.3) is 0 Å². The predicted molar refractivity (Wildman–Crippen MR) is 76.9 cm³/mol. The topological polar surface area (TPSA) is 55.1 Å². The fourth-order valence-electron chi connectivity index (χ4n) is 2.34. The van der Waals surface area contributed by atoms with Crippen LogP contribution in [0.4, 0.5) is 0 Å². The van der Waals surface area contributed by atoms with Crippen molar-refractivity contribution in [2.45, 2.75) is 31.2 Å². The lowest BCUT2D eigenvalue weighted by Crippen LogP contribution is -2.54. The van der Waals surface area contributed by atoms with E-state index in [2.05, 4.69) is 5.32 Å². The van der Waals surface area contributed by atoms with Crippen molar-refractivity contribution in [1.29, 1.82) is 0 Å². The largest absolute Gasteiger partial charge is 0.391 e. The summed E-state index contributed by atoms with van der Waals surface area (Å²) < 4.78 is 0. The predicted octanol–water partition coefficient (Wildman–Crippen LogP) is 2.67. The van der Waals surface area contributed by atoms with Crippen LogP contribution in [0, 0.1) is 0 Å². The van der Waals surface area contributed by atoms with E-state index < -0.39 is 5.54 Å². The van der Waals surface area contributed by atoms with Crippen molar-refractivity contribution in [2.24, 2.45) is 5.73 Å². The highest BCUT2D eigenvalue weighted by Gasteiger charge is 2.38. The molecule has 0 spiro atoms. The van der Waals surface area contributed by atoms with Crippen LogP contribution in [-0.4, -0.2) is 16.4 Å². The molecule has 0 saturated heterocycles. The van der Waals surface area contributed by atoms with Gasteiger partial charge in [0.1, 0.15) is 0 Å². The molecular weight excluding hydrogens is 268 g/mol. The van der Waals surface area contributed by atoms with Crippen molar-refractivity contribution >= 4 is 34.7 Å². The molecule has 1 fully saturated rings. The van der Waals surface area contributed by atoms with Crippen LogP contribution in [0.1, 0.15) is 36.0 Å². The SMILES string of the molecule is NC(=S)C1(NC(=O)c2ccccc2Cl)CCCC1. The lowest BCUT2D eigenvalue weighted by molar-refractivity contribution is 0.0924. The highest BCUT2D eigenvalue weighted by molar-refractivity contribution is 7.80. The number of carbonyl (C=O) groups is 1. The van der Waals surface area contributed by atoms with Crippen molar-refractivity contribution in [3.05, 3.63) is 34.9 Å². The summed E-state index contributed by atoms with van der Waals surface area (Å²) in [5.74, 6) is -0.213. The Hall–Kier alpha value is -1.13. The maximum atomic E-state index is 12.2. The lowest BCUT2D eigenvalue weighted by Gasteiger charge is -2.29. The van der Waals surface area contributed by atoms with Crippen molar-refractivity contribution in [3.63, 3.8) is 0 Å². The van der Waals surface area contributed by atoms with Gasteiger partial charge in [-0.25, -0.2) is 0 Å². The molecule has 0 heterocycles. The molecule has 18 heavy (non-hydrogen) atoms. The van der Waals surface area contributed by atoms with E-state index in [4.69, 9.17) is 29.6 Å². The number of rotatable bonds is 3. The van der Waals surface area contributed by atoms with Crippen LogP contribution < -0.4 is 11.1 Å². The van der Waals surface area contributed by atoms with Gasteiger partial charge in [0.05, 0.1) is 21.1 Å². The molecule has 1 aliphatic rings. The summed E-state index contributed by atoms with van der Waals surface area (Å²) in [5.41, 5.74) is 5.70. The first-order chi connectivity index (χ1) is 8.55. The highest BCUT2D eigenvalue weighted by atomic mass is 35.5. The number of nitrogens with two attached hydrogens (primary N) is 1. The van der Waals surface area contributed by atoms with E-state index in [1.807, 2.05) is 0 Å². The van der Waals surface area contributed by atoms with Crippen LogP contribution in [0.2, 0.25) is 5.02 Å². The van der Waals surface area contributed by atoms with E-state index >= 15 is 0 Å². The van der Waals surface area contributed by atoms with Crippen molar-refractivity contribution in [3.8, 4) is 0 Å². The minimum atomic E-state index is -0.536. The molecule has 0 atom stereocenters. The van der Waals surface area contributed by atoms with Gasteiger partial charge in [-0.2, -0.15) is 0 Å². The third kappa shape index (κ3) is 2.49. The number of halogens is 1. The Bertz CT molecular complexity index is 484. The fourth-order valence-corrected chi connectivity index (χ4v) is 2.82. The van der Waals surface area contributed by atoms with Gasteiger partial charge in [-0.1, -0.05) is 48.8 Å². The molecule has 3 nitrogen and oxygen atoms in total. The van der Waals surface area contributed by atoms with Gasteiger partial charge in [-0.15, -0.1) is 0 Å². The molecule has 1 saturated carbocycles. The normalized spacial score (nSPS) is 17.4. The molecule has 1 aromatic carbocycles. The monoisotopic (exact) mass is 282 g/mol. The van der Waals surface area contributed by atoms with Gasteiger partial charge in [0, 0.05) is 0 Å². The number of amides is 1. The van der Waals surface area contributed by atoms with E-state index in [0.29, 0.717) is 15.6 Å². The van der Waals surface area contributed by atoms with Gasteiger partial charge in [-0.05, 0) is 25.0 Å². The van der Waals surface area contributed by atoms with Gasteiger partial charge in [0.15, 0.2) is 0 Å². The summed E-state index contributed by atoms with van der Waals surface area (Å²) in [6.07, 6.45) is 3.66. The molecule has 0 unspecified atom stereocenters. The van der Waals surface area contributed by atoms with E-state index in [1.54, 1.807) is 24.3 Å². The molecule has 3 N–H and O–H groups in total. The molecule has 0 bridgehead atoms. The fraction of sp³-hybridized carbons (Fsp3) is 0.385. The van der Waals surface area contributed by atoms with Gasteiger partial charge in [-0.3, -0.25) is 4.79 Å². The van der Waals surface area contributed by atoms with Crippen LogP contribution in [0.5, 0.6) is 0 Å². The van der Waals surface area contributed by atoms with Crippen molar-refractivity contribution in [2.75, 3.05) is 0 Å². The molecule has 0 radical (unpaired) electrons. The summed E-state index contributed by atoms with van der Waals surface area (Å²) in [6.45, 7) is 0. The average molecular weight is 283 g/mol. The Labute approximate surface area is 117 Å². The van der Waals surface area contributed by atoms with Crippen LogP contribution in [-0.2, 0) is 0 Å². The molecule has 2 rings (SSSR count). The Morgan fingerprint density at radius 1 is 1.33 bits per heavy atom. The Morgan fingerprint density at radius 2 is 1.94 bits per heavy atom. The molecule has 0 aliphatic heterocycles. The van der Waals surface area contributed by atoms with Gasteiger partial charge < -0.3 is 11.1 Å². The smallest absolute Gasteiger partial charge is 0.253 e. The van der Waals surface area contributed by atoms with Crippen molar-refractivity contribution < 1.29 is 4.79 Å². The van der Waals surface area contributed by atoms with E-state index in [0.717, 1.165) is 25.7 Å². The summed E-state index contributed by atoms with van der Waals surface area (Å²) in [6, 6.07) is 6.96. The maximum Gasteiger partial charge on any atom is 0.253 e. The molecule has 5 heteroatoms. The van der Waals surface area contributed by atoms with Crippen LogP contribution in [0.15, 0.2) is 24.3 Å². The minimum Gasteiger partial charge on any atom is -0.391 e. The molecule has 1 aromatic rings. The third-order valence-electron chi connectivity index (χ3n) is 3.40. The van der Waals surface area contributed by atoms with Gasteiger partial charge in [0.2, 0.25) is 0 Å². The average Bonchev–Trinajstić information content (AvgIpc) is 2.79. The Morgan fingerprint density at radius 3 is 2.50 bits per heavy atom. The second-order valence-electron chi connectivity index (χ2n) is 4.59. The number of carbonyl (C=O) groups excluding carboxylic acids is 1. The van der Waals surface area contributed by atoms with Gasteiger partial charge in [0.25, 0.3) is 5.91 Å². The zero-order chi connectivity index (χ0) is 13.2. The van der Waals surface area contributed by atoms with Crippen molar-refractivity contribution in [1.82, 2.24) is 5.32 Å². The third-order valence-corrected chi connectivity index (χ3v) is 4.12. The zero-order valence-electron chi connectivity index (χ0n) is 9.91. The van der Waals surface area contributed by atoms with E-state index in [-0.39, 0.29) is 5.91 Å². The number of hydrogen-bond donors (Lipinski definition) is 2. The lowest BCUT2D eigenvalue weighted by atomic mass is 9.97. The molecule has 0 aromatic heterocycles. The van der Waals surface area contributed by atoms with Crippen LogP contribution in [0.3, 0.4) is 0 Å². The standard InChI is InChI=1S/C13H15ClN2OS/c14-10-6-2-1-5-9(10)11(17)16-13(12(15)18)7-3-4-8-13/h1-2,5-6H,3-4,7-8H2,(H2,15,18)(H,16,17). The van der Waals surface area contributed by atoms with E-state index in [9.17, 15) is 4.79 Å². The van der Waals surface area contributed by atoms with E-state index in [1.165, 1.54) is 0 Å². The second kappa shape index (κ2) is 5.24. The highest BCUT2D eigenvalue weighted by Crippen LogP contribution is 2.30. The minimum absolute atomic E-state index is 0.213. The Balaban J connectivity index is 2.21. The quantitative estimate of drug-likeness (QED) is 0.838. The molecular formula is C13H15ClN2OS. The number of thiocarbonyl (C=S) groups is 1. The summed E-state index contributed by atoms with van der Waals surface area (Å²) in [5, 5.41) is 3.40. The molecule has 1 aliphatic carbocycles. The second-order valence-corrected chi connectivity index (χ2v) is 5.43. The first-order valence-corrected chi connectivity index (χ1v) is 6.71. The number of benzene rings is 1. The summed E-state index contributed by atoms with van der Waals surface area (Å²) >= 11 is 11.1. The van der Waals surface area contributed by atoms with Gasteiger partial charge >= 0.3 is 0 Å². The summed E-state index contributed by atoms with van der Waals surface area (Å²) in [4.78, 5) is 12.6. The first kappa shape index (κ1) is 13.3. The number of hydrogen-bond acceptors (Lipinski definition) is 2. The number of nitrogens with one attached hydrogen (secondary N) is 1. The maximum absolute atomic E-state index is 12.2. The van der Waals surface area contributed by atoms with Crippen LogP contribution >= 0.6 is 23.8 Å². The first-order valence-electron chi connectivity index (χ1n) is 5.92. The molecule has 96 valence electrons. The zero-order valence-corrected chi connectivity index (χ0v) is 11.5. The molecule has 1 amide bonds. The Kier molecular flexibility index (Phi) is 3.88. The summed E-state index contributed by atoms with van der Waals surface area (Å²) in [7, 11) is 0.